The third-order valence-corrected chi connectivity index (χ3v) is 4.15. The summed E-state index contributed by atoms with van der Waals surface area (Å²) in [5.41, 5.74) is 2.11. The van der Waals surface area contributed by atoms with Gasteiger partial charge in [-0.3, -0.25) is 4.79 Å². The van der Waals surface area contributed by atoms with E-state index in [1.54, 1.807) is 24.3 Å². The molecule has 2 aromatic rings. The summed E-state index contributed by atoms with van der Waals surface area (Å²) < 4.78 is 5.46. The van der Waals surface area contributed by atoms with Gasteiger partial charge in [-0.2, -0.15) is 5.26 Å². The molecule has 140 valence electrons. The summed E-state index contributed by atoms with van der Waals surface area (Å²) in [5, 5.41) is 12.0. The first-order valence-electron chi connectivity index (χ1n) is 8.52. The Balaban J connectivity index is 1.78. The van der Waals surface area contributed by atoms with Crippen molar-refractivity contribution in [3.63, 3.8) is 0 Å². The zero-order chi connectivity index (χ0) is 19.6. The van der Waals surface area contributed by atoms with Crippen LogP contribution < -0.4 is 10.1 Å². The van der Waals surface area contributed by atoms with Crippen LogP contribution in [0.1, 0.15) is 17.5 Å². The highest BCUT2D eigenvalue weighted by Crippen LogP contribution is 2.20. The molecule has 0 unspecified atom stereocenters. The van der Waals surface area contributed by atoms with Gasteiger partial charge in [0, 0.05) is 25.2 Å². The topological polar surface area (TPSA) is 65.4 Å². The molecule has 0 spiro atoms. The number of carbonyl (C=O) groups is 1. The lowest BCUT2D eigenvalue weighted by atomic mass is 10.2. The molecule has 0 atom stereocenters. The number of rotatable bonds is 9. The van der Waals surface area contributed by atoms with E-state index < -0.39 is 0 Å². The molecule has 0 saturated heterocycles. The van der Waals surface area contributed by atoms with Gasteiger partial charge in [0.1, 0.15) is 18.4 Å². The van der Waals surface area contributed by atoms with E-state index in [0.29, 0.717) is 35.8 Å². The summed E-state index contributed by atoms with van der Waals surface area (Å²) >= 11 is 5.97. The normalized spacial score (nSPS) is 10.3. The lowest BCUT2D eigenvalue weighted by Crippen LogP contribution is -2.24. The Morgan fingerprint density at radius 3 is 2.70 bits per heavy atom. The van der Waals surface area contributed by atoms with Gasteiger partial charge in [0.25, 0.3) is 0 Å². The molecule has 27 heavy (non-hydrogen) atoms. The Labute approximate surface area is 164 Å². The molecule has 0 aromatic heterocycles. The van der Waals surface area contributed by atoms with Gasteiger partial charge in [0.2, 0.25) is 5.91 Å². The monoisotopic (exact) mass is 383 g/mol. The first-order valence-corrected chi connectivity index (χ1v) is 8.90. The van der Waals surface area contributed by atoms with Crippen molar-refractivity contribution in [2.24, 2.45) is 0 Å². The number of nitrogens with zero attached hydrogens (tertiary/aromatic N) is 2. The SMILES string of the molecule is C=CCOc1ccc(CN(C)CCC(=O)Nc2ccc(C#N)c(Cl)c2)cc1. The predicted molar refractivity (Wildman–Crippen MR) is 108 cm³/mol. The summed E-state index contributed by atoms with van der Waals surface area (Å²) in [6.07, 6.45) is 2.06. The van der Waals surface area contributed by atoms with Crippen LogP contribution in [0.15, 0.2) is 55.1 Å². The van der Waals surface area contributed by atoms with Crippen LogP contribution in [-0.4, -0.2) is 31.0 Å². The molecule has 0 aliphatic carbocycles. The third-order valence-electron chi connectivity index (χ3n) is 3.84. The average molecular weight is 384 g/mol. The van der Waals surface area contributed by atoms with Crippen molar-refractivity contribution < 1.29 is 9.53 Å². The van der Waals surface area contributed by atoms with Gasteiger partial charge in [0.05, 0.1) is 10.6 Å². The highest BCUT2D eigenvalue weighted by Gasteiger charge is 2.08. The standard InChI is InChI=1S/C21H22ClN3O2/c1-3-12-27-19-8-4-16(5-9-19)15-25(2)11-10-21(26)24-18-7-6-17(14-23)20(22)13-18/h3-9,13H,1,10-12,15H2,2H3,(H,24,26). The highest BCUT2D eigenvalue weighted by molar-refractivity contribution is 6.32. The second-order valence-corrected chi connectivity index (χ2v) is 6.49. The van der Waals surface area contributed by atoms with Crippen molar-refractivity contribution in [2.75, 3.05) is 25.5 Å². The smallest absolute Gasteiger partial charge is 0.225 e. The van der Waals surface area contributed by atoms with Gasteiger partial charge in [-0.05, 0) is 42.9 Å². The molecule has 0 heterocycles. The van der Waals surface area contributed by atoms with E-state index >= 15 is 0 Å². The molecular weight excluding hydrogens is 362 g/mol. The molecule has 0 radical (unpaired) electrons. The van der Waals surface area contributed by atoms with Crippen LogP contribution in [0.4, 0.5) is 5.69 Å². The fraction of sp³-hybridized carbons (Fsp3) is 0.238. The van der Waals surface area contributed by atoms with Gasteiger partial charge in [-0.25, -0.2) is 0 Å². The van der Waals surface area contributed by atoms with E-state index in [2.05, 4.69) is 16.8 Å². The summed E-state index contributed by atoms with van der Waals surface area (Å²) in [7, 11) is 1.97. The van der Waals surface area contributed by atoms with E-state index in [0.717, 1.165) is 17.9 Å². The number of nitriles is 1. The largest absolute Gasteiger partial charge is 0.490 e. The van der Waals surface area contributed by atoms with Crippen molar-refractivity contribution in [3.05, 3.63) is 71.3 Å². The van der Waals surface area contributed by atoms with Gasteiger partial charge in [-0.1, -0.05) is 36.4 Å². The maximum atomic E-state index is 12.1. The molecule has 2 aromatic carbocycles. The number of carbonyl (C=O) groups excluding carboxylic acids is 1. The first kappa shape index (κ1) is 20.5. The van der Waals surface area contributed by atoms with E-state index in [1.165, 1.54) is 0 Å². The fourth-order valence-electron chi connectivity index (χ4n) is 2.44. The predicted octanol–water partition coefficient (Wildman–Crippen LogP) is 4.24. The van der Waals surface area contributed by atoms with E-state index in [9.17, 15) is 4.79 Å². The van der Waals surface area contributed by atoms with Crippen LogP contribution >= 0.6 is 11.6 Å². The third kappa shape index (κ3) is 6.78. The number of nitrogens with one attached hydrogen (secondary N) is 1. The Hall–Kier alpha value is -2.81. The average Bonchev–Trinajstić information content (AvgIpc) is 2.66. The molecule has 0 aliphatic heterocycles. The molecule has 0 saturated carbocycles. The molecule has 6 heteroatoms. The Bertz CT molecular complexity index is 828. The van der Waals surface area contributed by atoms with E-state index in [-0.39, 0.29) is 5.91 Å². The molecule has 1 N–H and O–H groups in total. The van der Waals surface area contributed by atoms with Gasteiger partial charge in [0.15, 0.2) is 0 Å². The van der Waals surface area contributed by atoms with Crippen molar-refractivity contribution in [1.29, 1.82) is 5.26 Å². The number of hydrogen-bond acceptors (Lipinski definition) is 4. The first-order chi connectivity index (χ1) is 13.0. The lowest BCUT2D eigenvalue weighted by Gasteiger charge is -2.17. The Morgan fingerprint density at radius 2 is 2.07 bits per heavy atom. The van der Waals surface area contributed by atoms with Crippen molar-refractivity contribution in [1.82, 2.24) is 4.90 Å². The van der Waals surface area contributed by atoms with Gasteiger partial charge in [-0.15, -0.1) is 0 Å². The van der Waals surface area contributed by atoms with Crippen LogP contribution in [-0.2, 0) is 11.3 Å². The van der Waals surface area contributed by atoms with Crippen LogP contribution in [0.3, 0.4) is 0 Å². The van der Waals surface area contributed by atoms with E-state index in [1.807, 2.05) is 37.4 Å². The number of amides is 1. The van der Waals surface area contributed by atoms with Crippen LogP contribution in [0.2, 0.25) is 5.02 Å². The summed E-state index contributed by atoms with van der Waals surface area (Å²) in [6, 6.07) is 14.7. The molecule has 5 nitrogen and oxygen atoms in total. The van der Waals surface area contributed by atoms with Crippen LogP contribution in [0, 0.1) is 11.3 Å². The highest BCUT2D eigenvalue weighted by atomic mass is 35.5. The lowest BCUT2D eigenvalue weighted by molar-refractivity contribution is -0.116. The second-order valence-electron chi connectivity index (χ2n) is 6.09. The van der Waals surface area contributed by atoms with E-state index in [4.69, 9.17) is 21.6 Å². The summed E-state index contributed by atoms with van der Waals surface area (Å²) in [4.78, 5) is 14.2. The number of ether oxygens (including phenoxy) is 1. The van der Waals surface area contributed by atoms with Gasteiger partial charge < -0.3 is 15.0 Å². The Kier molecular flexibility index (Phi) is 7.87. The summed E-state index contributed by atoms with van der Waals surface area (Å²) in [5.74, 6) is 0.706. The fourth-order valence-corrected chi connectivity index (χ4v) is 2.66. The molecule has 1 amide bonds. The summed E-state index contributed by atoms with van der Waals surface area (Å²) in [6.45, 7) is 5.46. The van der Waals surface area contributed by atoms with Crippen molar-refractivity contribution in [3.8, 4) is 11.8 Å². The minimum atomic E-state index is -0.101. The second kappa shape index (κ2) is 10.4. The number of halogens is 1. The maximum absolute atomic E-state index is 12.1. The zero-order valence-corrected chi connectivity index (χ0v) is 16.0. The number of hydrogen-bond donors (Lipinski definition) is 1. The van der Waals surface area contributed by atoms with Crippen LogP contribution in [0.5, 0.6) is 5.75 Å². The minimum Gasteiger partial charge on any atom is -0.490 e. The van der Waals surface area contributed by atoms with Crippen LogP contribution in [0.25, 0.3) is 0 Å². The number of anilines is 1. The molecule has 2 rings (SSSR count). The molecule has 0 bridgehead atoms. The molecular formula is C21H22ClN3O2. The van der Waals surface area contributed by atoms with Gasteiger partial charge >= 0.3 is 0 Å². The molecule has 0 aliphatic rings. The zero-order valence-electron chi connectivity index (χ0n) is 15.2. The quantitative estimate of drug-likeness (QED) is 0.658. The van der Waals surface area contributed by atoms with Crippen molar-refractivity contribution >= 4 is 23.2 Å². The number of benzene rings is 2. The van der Waals surface area contributed by atoms with Crippen molar-refractivity contribution in [2.45, 2.75) is 13.0 Å². The Morgan fingerprint density at radius 1 is 1.33 bits per heavy atom. The minimum absolute atomic E-state index is 0.101. The maximum Gasteiger partial charge on any atom is 0.225 e. The molecule has 0 fully saturated rings.